The van der Waals surface area contributed by atoms with Gasteiger partial charge in [0.25, 0.3) is 5.91 Å². The molecule has 0 radical (unpaired) electrons. The summed E-state index contributed by atoms with van der Waals surface area (Å²) in [5.74, 6) is -0.962. The maximum atomic E-state index is 13.0. The third-order valence-electron chi connectivity index (χ3n) is 5.63. The number of hydrogen-bond acceptors (Lipinski definition) is 6. The van der Waals surface area contributed by atoms with Crippen molar-refractivity contribution in [2.45, 2.75) is 39.0 Å². The molecule has 3 aromatic rings. The fourth-order valence-electron chi connectivity index (χ4n) is 3.65. The Labute approximate surface area is 210 Å². The van der Waals surface area contributed by atoms with Crippen molar-refractivity contribution >= 4 is 38.2 Å². The molecule has 0 saturated carbocycles. The zero-order valence-corrected chi connectivity index (χ0v) is 22.0. The second-order valence-corrected chi connectivity index (χ2v) is 10.5. The lowest BCUT2D eigenvalue weighted by atomic mass is 10.0. The van der Waals surface area contributed by atoms with Crippen LogP contribution in [0.2, 0.25) is 0 Å². The topological polar surface area (TPSA) is 92.8 Å². The summed E-state index contributed by atoms with van der Waals surface area (Å²) >= 11 is 1.24. The third-order valence-corrected chi connectivity index (χ3v) is 8.59. The van der Waals surface area contributed by atoms with E-state index in [1.807, 2.05) is 29.6 Å². The van der Waals surface area contributed by atoms with Crippen molar-refractivity contribution in [2.75, 3.05) is 25.0 Å². The first-order valence-corrected chi connectivity index (χ1v) is 13.9. The molecule has 0 fully saturated rings. The number of sulfonamides is 1. The first kappa shape index (κ1) is 26.6. The van der Waals surface area contributed by atoms with Crippen LogP contribution in [0.15, 0.2) is 58.8 Å². The highest BCUT2D eigenvalue weighted by atomic mass is 32.2. The Morgan fingerprint density at radius 3 is 2.11 bits per heavy atom. The van der Waals surface area contributed by atoms with Gasteiger partial charge in [0.05, 0.1) is 11.5 Å². The van der Waals surface area contributed by atoms with Crippen LogP contribution in [0.3, 0.4) is 0 Å². The van der Waals surface area contributed by atoms with Crippen molar-refractivity contribution in [2.24, 2.45) is 0 Å². The number of thiophene rings is 1. The number of benzene rings is 2. The van der Waals surface area contributed by atoms with Gasteiger partial charge in [-0.15, -0.1) is 11.3 Å². The molecule has 1 amide bonds. The van der Waals surface area contributed by atoms with Crippen LogP contribution < -0.4 is 5.32 Å². The van der Waals surface area contributed by atoms with Gasteiger partial charge < -0.3 is 10.1 Å². The van der Waals surface area contributed by atoms with Gasteiger partial charge in [-0.05, 0) is 48.7 Å². The summed E-state index contributed by atoms with van der Waals surface area (Å²) in [5, 5.41) is 5.00. The molecule has 9 heteroatoms. The van der Waals surface area contributed by atoms with Gasteiger partial charge in [-0.3, -0.25) is 4.79 Å². The second-order valence-electron chi connectivity index (χ2n) is 7.69. The van der Waals surface area contributed by atoms with Crippen molar-refractivity contribution in [1.29, 1.82) is 0 Å². The van der Waals surface area contributed by atoms with Crippen LogP contribution >= 0.6 is 11.3 Å². The standard InChI is InChI=1S/C26H30N2O5S2/c1-5-18-9-11-19(12-10-18)22-17-34-25(23(22)26(30)33-8-4)27-24(29)20-13-15-21(16-14-20)35(31,32)28(6-2)7-3/h9-17H,5-8H2,1-4H3,(H,27,29). The van der Waals surface area contributed by atoms with E-state index in [-0.39, 0.29) is 17.1 Å². The number of aryl methyl sites for hydroxylation is 1. The summed E-state index contributed by atoms with van der Waals surface area (Å²) in [5.41, 5.74) is 3.30. The summed E-state index contributed by atoms with van der Waals surface area (Å²) in [7, 11) is -3.62. The van der Waals surface area contributed by atoms with E-state index in [0.29, 0.717) is 29.2 Å². The Bertz CT molecular complexity index is 1280. The molecule has 7 nitrogen and oxygen atoms in total. The van der Waals surface area contributed by atoms with Gasteiger partial charge in [0.2, 0.25) is 10.0 Å². The lowest BCUT2D eigenvalue weighted by molar-refractivity contribution is 0.0529. The van der Waals surface area contributed by atoms with E-state index in [4.69, 9.17) is 4.74 Å². The number of hydrogen-bond donors (Lipinski definition) is 1. The largest absolute Gasteiger partial charge is 0.462 e. The molecule has 0 aliphatic heterocycles. The summed E-state index contributed by atoms with van der Waals surface area (Å²) < 4.78 is 32.0. The van der Waals surface area contributed by atoms with Gasteiger partial charge in [0.1, 0.15) is 10.6 Å². The average molecular weight is 515 g/mol. The number of anilines is 1. The van der Waals surface area contributed by atoms with Crippen molar-refractivity contribution in [3.8, 4) is 11.1 Å². The molecule has 186 valence electrons. The lowest BCUT2D eigenvalue weighted by Gasteiger charge is -2.18. The highest BCUT2D eigenvalue weighted by Crippen LogP contribution is 2.36. The molecule has 0 saturated heterocycles. The minimum atomic E-state index is -3.62. The molecule has 2 aromatic carbocycles. The molecule has 3 rings (SSSR count). The van der Waals surface area contributed by atoms with Crippen LogP contribution in [-0.4, -0.2) is 44.3 Å². The number of nitrogens with zero attached hydrogens (tertiary/aromatic N) is 1. The lowest BCUT2D eigenvalue weighted by Crippen LogP contribution is -2.30. The summed E-state index contributed by atoms with van der Waals surface area (Å²) in [6.07, 6.45) is 0.908. The van der Waals surface area contributed by atoms with Gasteiger partial charge in [0.15, 0.2) is 0 Å². The molecule has 0 aliphatic rings. The number of carbonyl (C=O) groups is 2. The Morgan fingerprint density at radius 2 is 1.57 bits per heavy atom. The van der Waals surface area contributed by atoms with E-state index in [1.54, 1.807) is 20.8 Å². The first-order chi connectivity index (χ1) is 16.8. The van der Waals surface area contributed by atoms with Gasteiger partial charge in [-0.1, -0.05) is 45.0 Å². The monoisotopic (exact) mass is 514 g/mol. The van der Waals surface area contributed by atoms with Crippen LogP contribution in [0.5, 0.6) is 0 Å². The maximum Gasteiger partial charge on any atom is 0.341 e. The predicted octanol–water partition coefficient (Wildman–Crippen LogP) is 5.44. The molecule has 35 heavy (non-hydrogen) atoms. The van der Waals surface area contributed by atoms with Crippen LogP contribution in [0, 0.1) is 0 Å². The summed E-state index contributed by atoms with van der Waals surface area (Å²) in [4.78, 5) is 25.9. The van der Waals surface area contributed by atoms with Crippen molar-refractivity contribution < 1.29 is 22.7 Å². The van der Waals surface area contributed by atoms with Crippen LogP contribution in [0.25, 0.3) is 11.1 Å². The van der Waals surface area contributed by atoms with E-state index in [0.717, 1.165) is 12.0 Å². The Hall–Kier alpha value is -3.01. The quantitative estimate of drug-likeness (QED) is 0.364. The van der Waals surface area contributed by atoms with Crippen LogP contribution in [0.4, 0.5) is 5.00 Å². The molecule has 0 atom stereocenters. The van der Waals surface area contributed by atoms with Gasteiger partial charge in [0, 0.05) is 29.6 Å². The maximum absolute atomic E-state index is 13.0. The predicted molar refractivity (Wildman–Crippen MR) is 140 cm³/mol. The van der Waals surface area contributed by atoms with E-state index < -0.39 is 21.9 Å². The summed E-state index contributed by atoms with van der Waals surface area (Å²) in [6.45, 7) is 8.28. The van der Waals surface area contributed by atoms with Crippen LogP contribution in [0.1, 0.15) is 54.0 Å². The molecule has 0 aliphatic carbocycles. The van der Waals surface area contributed by atoms with Crippen molar-refractivity contribution in [3.63, 3.8) is 0 Å². The van der Waals surface area contributed by atoms with E-state index in [9.17, 15) is 18.0 Å². The molecule has 1 heterocycles. The highest BCUT2D eigenvalue weighted by Gasteiger charge is 2.24. The van der Waals surface area contributed by atoms with Gasteiger partial charge in [-0.25, -0.2) is 13.2 Å². The van der Waals surface area contributed by atoms with Gasteiger partial charge in [-0.2, -0.15) is 4.31 Å². The fraction of sp³-hybridized carbons (Fsp3) is 0.308. The van der Waals surface area contributed by atoms with E-state index >= 15 is 0 Å². The minimum absolute atomic E-state index is 0.124. The normalized spacial score (nSPS) is 11.5. The zero-order valence-electron chi connectivity index (χ0n) is 20.3. The SMILES string of the molecule is CCOC(=O)c1c(-c2ccc(CC)cc2)csc1NC(=O)c1ccc(S(=O)(=O)N(CC)CC)cc1. The second kappa shape index (κ2) is 11.6. The van der Waals surface area contributed by atoms with Crippen molar-refractivity contribution in [1.82, 2.24) is 4.31 Å². The van der Waals surface area contributed by atoms with E-state index in [2.05, 4.69) is 12.2 Å². The fourth-order valence-corrected chi connectivity index (χ4v) is 6.06. The molecular weight excluding hydrogens is 484 g/mol. The Balaban J connectivity index is 1.90. The van der Waals surface area contributed by atoms with Gasteiger partial charge >= 0.3 is 5.97 Å². The molecule has 0 bridgehead atoms. The first-order valence-electron chi connectivity index (χ1n) is 11.6. The third kappa shape index (κ3) is 5.80. The van der Waals surface area contributed by atoms with Crippen LogP contribution in [-0.2, 0) is 21.2 Å². The summed E-state index contributed by atoms with van der Waals surface area (Å²) in [6, 6.07) is 13.7. The number of carbonyl (C=O) groups excluding carboxylic acids is 2. The number of amides is 1. The average Bonchev–Trinajstić information content (AvgIpc) is 3.28. The Morgan fingerprint density at radius 1 is 0.943 bits per heavy atom. The van der Waals surface area contributed by atoms with E-state index in [1.165, 1.54) is 45.5 Å². The number of nitrogens with one attached hydrogen (secondary N) is 1. The molecule has 0 unspecified atom stereocenters. The van der Waals surface area contributed by atoms with Crippen molar-refractivity contribution in [3.05, 3.63) is 70.6 Å². The smallest absolute Gasteiger partial charge is 0.341 e. The molecule has 1 N–H and O–H groups in total. The highest BCUT2D eigenvalue weighted by molar-refractivity contribution is 7.89. The molecular formula is C26H30N2O5S2. The zero-order chi connectivity index (χ0) is 25.6. The number of rotatable bonds is 10. The number of esters is 1. The Kier molecular flexibility index (Phi) is 8.82. The minimum Gasteiger partial charge on any atom is -0.462 e. The number of ether oxygens (including phenoxy) is 1. The molecule has 0 spiro atoms. The molecule has 1 aromatic heterocycles.